The molecule has 0 aliphatic carbocycles. The van der Waals surface area contributed by atoms with Crippen molar-refractivity contribution in [1.82, 2.24) is 0 Å². The van der Waals surface area contributed by atoms with Crippen molar-refractivity contribution in [3.8, 4) is 0 Å². The summed E-state index contributed by atoms with van der Waals surface area (Å²) in [6.45, 7) is 3.72. The van der Waals surface area contributed by atoms with Gasteiger partial charge < -0.3 is 0 Å². The molecule has 0 unspecified atom stereocenters. The summed E-state index contributed by atoms with van der Waals surface area (Å²) in [6.07, 6.45) is 0. The number of aliphatic hydroxyl groups excluding tert-OH is 1. The Kier molecular flexibility index (Phi) is 3.81. The molecular weight excluding hydrogens is 62.8 g/mol. The summed E-state index contributed by atoms with van der Waals surface area (Å²) in [4.78, 5) is 0. The minimum atomic E-state index is 0.163. The molecule has 0 amide bonds. The van der Waals surface area contributed by atoms with Crippen molar-refractivity contribution in [2.45, 2.75) is 6.92 Å². The van der Waals surface area contributed by atoms with E-state index in [9.17, 15) is 0 Å². The topological polar surface area (TPSA) is 20.2 Å². The van der Waals surface area contributed by atoms with Gasteiger partial charge in [0.1, 0.15) is 0 Å². The first kappa shape index (κ1) is 4.89. The van der Waals surface area contributed by atoms with Crippen LogP contribution in [0.25, 0.3) is 0 Å². The predicted octanol–water partition coefficient (Wildman–Crippen LogP) is -0.538. The molecule has 2 heteroatoms. The van der Waals surface area contributed by atoms with Gasteiger partial charge in [0.05, 0.1) is 0 Å². The van der Waals surface area contributed by atoms with Crippen LogP contribution in [0.4, 0.5) is 0 Å². The number of rotatable bonds is 1. The Balaban J connectivity index is 2.62. The maximum absolute atomic E-state index is 7.98. The van der Waals surface area contributed by atoms with Crippen LogP contribution in [0.1, 0.15) is 6.92 Å². The molecule has 0 spiro atoms. The van der Waals surface area contributed by atoms with Crippen LogP contribution >= 0.6 is 0 Å². The van der Waals surface area contributed by atoms with Crippen LogP contribution in [0.15, 0.2) is 0 Å². The summed E-state index contributed by atoms with van der Waals surface area (Å²) in [5, 5.41) is 7.98. The zero-order valence-corrected chi connectivity index (χ0v) is 3.31. The van der Waals surface area contributed by atoms with Crippen molar-refractivity contribution in [2.24, 2.45) is 0 Å². The second-order valence-corrected chi connectivity index (χ2v) is 0.752. The van der Waals surface area contributed by atoms with Crippen LogP contribution in [-0.4, -0.2) is 24.5 Å². The zero-order chi connectivity index (χ0) is 4.12. The number of hydrogen-bond donors (Lipinski definition) is 1. The van der Waals surface area contributed by atoms with Gasteiger partial charge in [-0.1, -0.05) is 0 Å². The van der Waals surface area contributed by atoms with Gasteiger partial charge in [-0.3, -0.25) is 0 Å². The standard InChI is InChI=1S/C3H7BO/c1-2-4-3-5/h2,5H,3H2,1H3. The third kappa shape index (κ3) is 3.89. The molecule has 0 aliphatic rings. The van der Waals surface area contributed by atoms with Crippen molar-refractivity contribution in [1.29, 1.82) is 0 Å². The molecular formula is C3H7BO. The third-order valence-electron chi connectivity index (χ3n) is 0.341. The first-order valence-electron chi connectivity index (χ1n) is 1.64. The van der Waals surface area contributed by atoms with Crippen molar-refractivity contribution in [3.63, 3.8) is 0 Å². The third-order valence-corrected chi connectivity index (χ3v) is 0.341. The van der Waals surface area contributed by atoms with E-state index >= 15 is 0 Å². The maximum atomic E-state index is 7.98. The van der Waals surface area contributed by atoms with E-state index in [1.165, 1.54) is 0 Å². The van der Waals surface area contributed by atoms with Gasteiger partial charge in [-0.15, -0.1) is 0 Å². The van der Waals surface area contributed by atoms with Crippen molar-refractivity contribution in [2.75, 3.05) is 6.51 Å². The molecule has 28 valence electrons. The Bertz CT molecular complexity index is 33.9. The number of aliphatic hydroxyl groups is 1. The van der Waals surface area contributed by atoms with E-state index in [0.717, 1.165) is 0 Å². The molecule has 0 aromatic carbocycles. The van der Waals surface area contributed by atoms with Gasteiger partial charge in [-0.25, -0.2) is 0 Å². The Labute approximate surface area is 32.5 Å². The Morgan fingerprint density at radius 3 is 2.60 bits per heavy atom. The van der Waals surface area contributed by atoms with Crippen LogP contribution in [0.3, 0.4) is 0 Å². The fraction of sp³-hybridized carbons (Fsp3) is 0.667. The van der Waals surface area contributed by atoms with Crippen LogP contribution in [0.2, 0.25) is 0 Å². The van der Waals surface area contributed by atoms with Gasteiger partial charge in [0, 0.05) is 0 Å². The van der Waals surface area contributed by atoms with Crippen LogP contribution in [0, 0.1) is 0 Å². The summed E-state index contributed by atoms with van der Waals surface area (Å²) in [7, 11) is 0. The first-order chi connectivity index (χ1) is 2.41. The molecule has 1 N–H and O–H groups in total. The summed E-state index contributed by atoms with van der Waals surface area (Å²) >= 11 is 0. The van der Waals surface area contributed by atoms with E-state index < -0.39 is 0 Å². The summed E-state index contributed by atoms with van der Waals surface area (Å²) < 4.78 is 0. The monoisotopic (exact) mass is 70.1 g/mol. The van der Waals surface area contributed by atoms with Gasteiger partial charge in [-0.2, -0.15) is 0 Å². The van der Waals surface area contributed by atoms with Gasteiger partial charge >= 0.3 is 31.4 Å². The Morgan fingerprint density at radius 1 is 2.00 bits per heavy atom. The fourth-order valence-electron chi connectivity index (χ4n) is 0.105. The van der Waals surface area contributed by atoms with E-state index in [4.69, 9.17) is 5.11 Å². The second-order valence-electron chi connectivity index (χ2n) is 0.752. The van der Waals surface area contributed by atoms with Crippen molar-refractivity contribution >= 4 is 12.9 Å². The molecule has 0 saturated heterocycles. The van der Waals surface area contributed by atoms with Crippen LogP contribution in [-0.2, 0) is 0 Å². The summed E-state index contributed by atoms with van der Waals surface area (Å²) in [5.41, 5.74) is 0. The molecule has 0 atom stereocenters. The van der Waals surface area contributed by atoms with Gasteiger partial charge in [0.2, 0.25) is 0 Å². The molecule has 5 heavy (non-hydrogen) atoms. The quantitative estimate of drug-likeness (QED) is 0.411. The summed E-state index contributed by atoms with van der Waals surface area (Å²) in [5.74, 6) is 1.81. The number of hydrogen-bond acceptors (Lipinski definition) is 1. The molecule has 0 aromatic rings. The zero-order valence-electron chi connectivity index (χ0n) is 3.31. The molecule has 0 aliphatic heterocycles. The molecule has 1 nitrogen and oxygen atoms in total. The molecule has 0 bridgehead atoms. The molecule has 0 aromatic heterocycles. The molecule has 0 fully saturated rings. The van der Waals surface area contributed by atoms with Gasteiger partial charge in [0.25, 0.3) is 0 Å². The van der Waals surface area contributed by atoms with Crippen molar-refractivity contribution < 1.29 is 5.11 Å². The average Bonchev–Trinajstić information content (AvgIpc) is 1.41. The van der Waals surface area contributed by atoms with E-state index in [2.05, 4.69) is 0 Å². The van der Waals surface area contributed by atoms with Crippen molar-refractivity contribution in [3.05, 3.63) is 0 Å². The van der Waals surface area contributed by atoms with Crippen LogP contribution in [0.5, 0.6) is 0 Å². The van der Waals surface area contributed by atoms with E-state index in [1.54, 1.807) is 12.9 Å². The average molecular weight is 69.9 g/mol. The van der Waals surface area contributed by atoms with E-state index in [0.29, 0.717) is 0 Å². The minimum absolute atomic E-state index is 0.163. The van der Waals surface area contributed by atoms with E-state index in [-0.39, 0.29) is 6.51 Å². The predicted molar refractivity (Wildman–Crippen MR) is 24.6 cm³/mol. The van der Waals surface area contributed by atoms with Gasteiger partial charge in [-0.05, 0) is 0 Å². The second kappa shape index (κ2) is 3.89. The molecule has 0 rings (SSSR count). The normalized spacial score (nSPS) is 8.40. The Hall–Kier alpha value is -0.105. The van der Waals surface area contributed by atoms with Crippen LogP contribution < -0.4 is 0 Å². The molecule has 0 saturated carbocycles. The van der Waals surface area contributed by atoms with E-state index in [1.807, 2.05) is 6.92 Å². The Morgan fingerprint density at radius 2 is 2.60 bits per heavy atom. The fourth-order valence-corrected chi connectivity index (χ4v) is 0.105. The molecule has 0 heterocycles. The first-order valence-corrected chi connectivity index (χ1v) is 1.64. The molecule has 0 radical (unpaired) electrons. The SMILES string of the molecule is CC=BCO. The summed E-state index contributed by atoms with van der Waals surface area (Å²) in [6, 6.07) is 0. The van der Waals surface area contributed by atoms with Gasteiger partial charge in [0.15, 0.2) is 0 Å².